The molecule has 3 aromatic rings. The van der Waals surface area contributed by atoms with Crippen molar-refractivity contribution in [2.75, 3.05) is 18.9 Å². The average Bonchev–Trinajstić information content (AvgIpc) is 3.57. The van der Waals surface area contributed by atoms with Crippen molar-refractivity contribution in [3.8, 4) is 11.3 Å². The van der Waals surface area contributed by atoms with Gasteiger partial charge in [-0.15, -0.1) is 0 Å². The SMILES string of the molecule is CC(C)(C)OC(=O)C1C(C=O)=CC=CC1(C(=O)OC(C)(C)C)c1cc(-c2ccnn2C2CCOCC2)c2c(N)ncnn12. The molecule has 1 fully saturated rings. The van der Waals surface area contributed by atoms with Crippen molar-refractivity contribution < 1.29 is 28.6 Å². The van der Waals surface area contributed by atoms with E-state index in [-0.39, 0.29) is 23.1 Å². The highest BCUT2D eigenvalue weighted by atomic mass is 16.6. The second-order valence-corrected chi connectivity index (χ2v) is 12.8. The Morgan fingerprint density at radius 1 is 1.09 bits per heavy atom. The molecule has 12 nitrogen and oxygen atoms in total. The number of esters is 2. The summed E-state index contributed by atoms with van der Waals surface area (Å²) in [6.45, 7) is 11.6. The number of nitrogens with zero attached hydrogens (tertiary/aromatic N) is 5. The highest BCUT2D eigenvalue weighted by Gasteiger charge is 2.57. The van der Waals surface area contributed by atoms with Crippen LogP contribution in [0.2, 0.25) is 0 Å². The Morgan fingerprint density at radius 2 is 1.79 bits per heavy atom. The summed E-state index contributed by atoms with van der Waals surface area (Å²) in [5.74, 6) is -2.73. The molecule has 2 atom stereocenters. The lowest BCUT2D eigenvalue weighted by atomic mass is 9.66. The van der Waals surface area contributed by atoms with Crippen LogP contribution >= 0.6 is 0 Å². The van der Waals surface area contributed by atoms with Crippen LogP contribution in [-0.2, 0) is 34.0 Å². The second-order valence-electron chi connectivity index (χ2n) is 12.8. The topological polar surface area (TPSA) is 153 Å². The standard InChI is InChI=1S/C31H38N6O6/c1-29(2,3)42-27(39)24-19(17-38)8-7-12-31(24,28(40)43-30(4,5)6)23-16-21(25-26(32)33-18-35-37(23)25)22-9-13-34-36(22)20-10-14-41-15-11-20/h7-9,12-13,16-18,20,24H,10-11,14-15H2,1-6H3,(H2,32,33,35). The number of allylic oxidation sites excluding steroid dienone is 2. The van der Waals surface area contributed by atoms with Gasteiger partial charge in [0, 0.05) is 30.5 Å². The number of ether oxygens (including phenoxy) is 3. The highest BCUT2D eigenvalue weighted by molar-refractivity contribution is 6.01. The zero-order valence-electron chi connectivity index (χ0n) is 25.4. The van der Waals surface area contributed by atoms with Gasteiger partial charge in [0.2, 0.25) is 0 Å². The van der Waals surface area contributed by atoms with Crippen molar-refractivity contribution in [3.63, 3.8) is 0 Å². The number of hydrogen-bond donors (Lipinski definition) is 1. The van der Waals surface area contributed by atoms with Crippen LogP contribution in [0.25, 0.3) is 16.8 Å². The molecule has 12 heteroatoms. The van der Waals surface area contributed by atoms with E-state index in [0.717, 1.165) is 18.5 Å². The van der Waals surface area contributed by atoms with Gasteiger partial charge in [-0.3, -0.25) is 19.1 Å². The molecule has 2 N–H and O–H groups in total. The van der Waals surface area contributed by atoms with Gasteiger partial charge in [-0.1, -0.05) is 18.2 Å². The van der Waals surface area contributed by atoms with Crippen LogP contribution in [0.15, 0.2) is 48.5 Å². The van der Waals surface area contributed by atoms with E-state index in [0.29, 0.717) is 30.6 Å². The Balaban J connectivity index is 1.81. The van der Waals surface area contributed by atoms with E-state index in [9.17, 15) is 14.4 Å². The van der Waals surface area contributed by atoms with Crippen molar-refractivity contribution in [2.24, 2.45) is 5.92 Å². The quantitative estimate of drug-likeness (QED) is 0.332. The number of rotatable bonds is 6. The fraction of sp³-hybridized carbons (Fsp3) is 0.484. The minimum atomic E-state index is -1.86. The van der Waals surface area contributed by atoms with Gasteiger partial charge in [-0.05, 0) is 66.5 Å². The first-order valence-corrected chi connectivity index (χ1v) is 14.3. The predicted molar refractivity (Wildman–Crippen MR) is 158 cm³/mol. The van der Waals surface area contributed by atoms with E-state index >= 15 is 0 Å². The summed E-state index contributed by atoms with van der Waals surface area (Å²) < 4.78 is 20.8. The van der Waals surface area contributed by atoms with Crippen molar-refractivity contribution in [3.05, 3.63) is 54.2 Å². The molecule has 1 aliphatic carbocycles. The summed E-state index contributed by atoms with van der Waals surface area (Å²) in [6, 6.07) is 3.70. The zero-order chi connectivity index (χ0) is 31.2. The predicted octanol–water partition coefficient (Wildman–Crippen LogP) is 3.76. The van der Waals surface area contributed by atoms with Gasteiger partial charge < -0.3 is 19.9 Å². The van der Waals surface area contributed by atoms with Crippen LogP contribution in [0.1, 0.15) is 66.1 Å². The van der Waals surface area contributed by atoms with Gasteiger partial charge in [0.1, 0.15) is 40.7 Å². The van der Waals surface area contributed by atoms with Crippen LogP contribution < -0.4 is 5.73 Å². The van der Waals surface area contributed by atoms with Crippen molar-refractivity contribution in [1.29, 1.82) is 0 Å². The van der Waals surface area contributed by atoms with Gasteiger partial charge in [-0.2, -0.15) is 10.2 Å². The highest BCUT2D eigenvalue weighted by Crippen LogP contribution is 2.46. The average molecular weight is 591 g/mol. The minimum absolute atomic E-state index is 0.0633. The number of nitrogen functional groups attached to an aromatic ring is 1. The smallest absolute Gasteiger partial charge is 0.323 e. The number of anilines is 1. The molecule has 0 saturated carbocycles. The van der Waals surface area contributed by atoms with E-state index in [1.807, 2.05) is 10.7 Å². The molecule has 2 aliphatic rings. The first kappa shape index (κ1) is 30.1. The van der Waals surface area contributed by atoms with Crippen LogP contribution in [0.4, 0.5) is 5.82 Å². The summed E-state index contributed by atoms with van der Waals surface area (Å²) in [4.78, 5) is 45.2. The molecular formula is C31H38N6O6. The Hall–Kier alpha value is -4.32. The van der Waals surface area contributed by atoms with E-state index in [2.05, 4.69) is 15.2 Å². The first-order chi connectivity index (χ1) is 20.3. The fourth-order valence-corrected chi connectivity index (χ4v) is 5.75. The molecule has 0 radical (unpaired) electrons. The molecule has 1 saturated heterocycles. The normalized spacial score (nSPS) is 21.4. The third-order valence-electron chi connectivity index (χ3n) is 7.44. The summed E-state index contributed by atoms with van der Waals surface area (Å²) in [5.41, 5.74) is 4.88. The fourth-order valence-electron chi connectivity index (χ4n) is 5.75. The summed E-state index contributed by atoms with van der Waals surface area (Å²) in [6.07, 6.45) is 9.75. The number of hydrogen-bond acceptors (Lipinski definition) is 10. The van der Waals surface area contributed by atoms with E-state index in [1.165, 1.54) is 16.9 Å². The second kappa shape index (κ2) is 11.1. The third-order valence-corrected chi connectivity index (χ3v) is 7.44. The lowest BCUT2D eigenvalue weighted by Crippen LogP contribution is -2.52. The third kappa shape index (κ3) is 5.58. The number of aromatic nitrogens is 5. The van der Waals surface area contributed by atoms with Gasteiger partial charge >= 0.3 is 11.9 Å². The van der Waals surface area contributed by atoms with Crippen molar-refractivity contribution in [2.45, 2.75) is 77.0 Å². The Bertz CT molecular complexity index is 1620. The largest absolute Gasteiger partial charge is 0.459 e. The van der Waals surface area contributed by atoms with Gasteiger partial charge in [0.05, 0.1) is 17.4 Å². The Labute approximate surface area is 249 Å². The molecular weight excluding hydrogens is 552 g/mol. The maximum atomic E-state index is 14.5. The van der Waals surface area contributed by atoms with Gasteiger partial charge in [-0.25, -0.2) is 9.50 Å². The monoisotopic (exact) mass is 590 g/mol. The summed E-state index contributed by atoms with van der Waals surface area (Å²) in [5, 5.41) is 9.13. The van der Waals surface area contributed by atoms with Gasteiger partial charge in [0.25, 0.3) is 0 Å². The van der Waals surface area contributed by atoms with E-state index in [1.54, 1.807) is 66.0 Å². The Kier molecular flexibility index (Phi) is 7.76. The molecule has 1 aliphatic heterocycles. The zero-order valence-corrected chi connectivity index (χ0v) is 25.4. The Morgan fingerprint density at radius 3 is 2.44 bits per heavy atom. The van der Waals surface area contributed by atoms with E-state index in [4.69, 9.17) is 19.9 Å². The number of carbonyl (C=O) groups is 3. The number of carbonyl (C=O) groups excluding carboxylic acids is 3. The molecule has 0 bridgehead atoms. The number of aldehydes is 1. The molecule has 43 heavy (non-hydrogen) atoms. The van der Waals surface area contributed by atoms with Crippen LogP contribution in [0.3, 0.4) is 0 Å². The minimum Gasteiger partial charge on any atom is -0.459 e. The van der Waals surface area contributed by atoms with Crippen molar-refractivity contribution >= 4 is 29.6 Å². The first-order valence-electron chi connectivity index (χ1n) is 14.3. The molecule has 228 valence electrons. The van der Waals surface area contributed by atoms with Crippen LogP contribution in [-0.4, -0.2) is 67.0 Å². The number of nitrogens with two attached hydrogens (primary N) is 1. The molecule has 0 aromatic carbocycles. The molecule has 2 unspecified atom stereocenters. The van der Waals surface area contributed by atoms with Crippen LogP contribution in [0.5, 0.6) is 0 Å². The molecule has 3 aromatic heterocycles. The van der Waals surface area contributed by atoms with Crippen molar-refractivity contribution in [1.82, 2.24) is 24.4 Å². The molecule has 5 rings (SSSR count). The maximum Gasteiger partial charge on any atom is 0.323 e. The lowest BCUT2D eigenvalue weighted by molar-refractivity contribution is -0.172. The molecule has 0 amide bonds. The molecule has 4 heterocycles. The summed E-state index contributed by atoms with van der Waals surface area (Å²) in [7, 11) is 0. The van der Waals surface area contributed by atoms with Crippen LogP contribution in [0, 0.1) is 5.92 Å². The maximum absolute atomic E-state index is 14.5. The van der Waals surface area contributed by atoms with Gasteiger partial charge in [0.15, 0.2) is 5.82 Å². The molecule has 0 spiro atoms. The van der Waals surface area contributed by atoms with E-state index < -0.39 is 34.5 Å². The lowest BCUT2D eigenvalue weighted by Gasteiger charge is -2.39. The number of fused-ring (bicyclic) bond motifs is 1. The summed E-state index contributed by atoms with van der Waals surface area (Å²) >= 11 is 0.